The second kappa shape index (κ2) is 10.7. The van der Waals surface area contributed by atoms with Crippen LogP contribution in [0, 0.1) is 5.92 Å². The van der Waals surface area contributed by atoms with Crippen LogP contribution >= 0.6 is 0 Å². The summed E-state index contributed by atoms with van der Waals surface area (Å²) in [5.74, 6) is -1.54. The number of rotatable bonds is 11. The van der Waals surface area contributed by atoms with Crippen molar-refractivity contribution in [3.8, 4) is 11.1 Å². The molecule has 3 atom stereocenters. The number of amides is 2. The van der Waals surface area contributed by atoms with Crippen molar-refractivity contribution in [2.24, 2.45) is 5.92 Å². The zero-order chi connectivity index (χ0) is 24.0. The number of epoxide rings is 1. The Morgan fingerprint density at radius 3 is 2.21 bits per heavy atom. The van der Waals surface area contributed by atoms with Gasteiger partial charge in [0.1, 0.15) is 6.04 Å². The molecule has 0 radical (unpaired) electrons. The predicted molar refractivity (Wildman–Crippen MR) is 122 cm³/mol. The van der Waals surface area contributed by atoms with E-state index >= 15 is 0 Å². The second-order valence-electron chi connectivity index (χ2n) is 8.65. The lowest BCUT2D eigenvalue weighted by molar-refractivity contribution is -0.133. The average molecular weight is 455 g/mol. The first-order chi connectivity index (χ1) is 15.8. The zero-order valence-corrected chi connectivity index (χ0v) is 18.8. The number of benzene rings is 2. The minimum absolute atomic E-state index is 0.0802. The maximum absolute atomic E-state index is 12.8. The summed E-state index contributed by atoms with van der Waals surface area (Å²) in [6.45, 7) is 2.80. The molecular weight excluding hydrogens is 424 g/mol. The molecule has 33 heavy (non-hydrogen) atoms. The molecule has 0 spiro atoms. The Morgan fingerprint density at radius 1 is 0.970 bits per heavy atom. The fourth-order valence-corrected chi connectivity index (χ4v) is 3.60. The van der Waals surface area contributed by atoms with Crippen LogP contribution < -0.4 is 10.6 Å². The Bertz CT molecular complexity index is 987. The van der Waals surface area contributed by atoms with Crippen LogP contribution in [0.4, 0.5) is 0 Å². The van der Waals surface area contributed by atoms with Crippen LogP contribution in [0.1, 0.15) is 30.6 Å². The summed E-state index contributed by atoms with van der Waals surface area (Å²) in [7, 11) is 0. The van der Waals surface area contributed by atoms with Crippen molar-refractivity contribution in [2.75, 3.05) is 19.8 Å². The average Bonchev–Trinajstić information content (AvgIpc) is 3.63. The number of aliphatic hydroxyl groups is 2. The standard InChI is InChI=1S/C25H30N2O6/c1-16(2)11-20(22(30)25(14-29)15-33-25)26-24(32)21(13-28)27-23(31)19-10-6-9-18(12-19)17-7-4-3-5-8-17/h3-10,12,16,20-21,28-29H,11,13-15H2,1-2H3,(H,26,32)(H,27,31)/t20-,21-,25-/m0/s1. The van der Waals surface area contributed by atoms with E-state index in [-0.39, 0.29) is 12.5 Å². The van der Waals surface area contributed by atoms with Crippen LogP contribution in [-0.2, 0) is 14.3 Å². The Morgan fingerprint density at radius 2 is 1.64 bits per heavy atom. The van der Waals surface area contributed by atoms with E-state index < -0.39 is 48.5 Å². The highest BCUT2D eigenvalue weighted by Crippen LogP contribution is 2.30. The van der Waals surface area contributed by atoms with Gasteiger partial charge in [0, 0.05) is 5.56 Å². The van der Waals surface area contributed by atoms with Gasteiger partial charge in [-0.3, -0.25) is 14.4 Å². The van der Waals surface area contributed by atoms with E-state index in [4.69, 9.17) is 4.74 Å². The first-order valence-electron chi connectivity index (χ1n) is 11.0. The van der Waals surface area contributed by atoms with Crippen LogP contribution in [0.15, 0.2) is 54.6 Å². The molecule has 2 amide bonds. The van der Waals surface area contributed by atoms with Crippen molar-refractivity contribution in [1.29, 1.82) is 0 Å². The third-order valence-electron chi connectivity index (χ3n) is 5.57. The summed E-state index contributed by atoms with van der Waals surface area (Å²) in [5.41, 5.74) is 0.846. The van der Waals surface area contributed by atoms with Gasteiger partial charge in [0.15, 0.2) is 11.4 Å². The molecule has 8 heteroatoms. The van der Waals surface area contributed by atoms with Gasteiger partial charge < -0.3 is 25.6 Å². The van der Waals surface area contributed by atoms with Crippen LogP contribution in [0.25, 0.3) is 11.1 Å². The topological polar surface area (TPSA) is 128 Å². The molecule has 2 aromatic rings. The molecule has 4 N–H and O–H groups in total. The molecule has 2 aromatic carbocycles. The molecule has 0 unspecified atom stereocenters. The lowest BCUT2D eigenvalue weighted by Gasteiger charge is -2.24. The third kappa shape index (κ3) is 6.04. The van der Waals surface area contributed by atoms with Gasteiger partial charge in [0.05, 0.1) is 25.9 Å². The smallest absolute Gasteiger partial charge is 0.252 e. The maximum Gasteiger partial charge on any atom is 0.252 e. The highest BCUT2D eigenvalue weighted by Gasteiger charge is 2.54. The quantitative estimate of drug-likeness (QED) is 0.379. The Hall–Kier alpha value is -3.07. The Labute approximate surface area is 193 Å². The number of nitrogens with one attached hydrogen (secondary N) is 2. The summed E-state index contributed by atoms with van der Waals surface area (Å²) in [4.78, 5) is 38.4. The first kappa shape index (κ1) is 24.6. The van der Waals surface area contributed by atoms with Crippen molar-refractivity contribution < 1.29 is 29.3 Å². The predicted octanol–water partition coefficient (Wildman–Crippen LogP) is 1.31. The highest BCUT2D eigenvalue weighted by molar-refractivity contribution is 6.00. The number of carbonyl (C=O) groups is 3. The van der Waals surface area contributed by atoms with Crippen molar-refractivity contribution in [1.82, 2.24) is 10.6 Å². The van der Waals surface area contributed by atoms with Gasteiger partial charge in [-0.05, 0) is 35.6 Å². The second-order valence-corrected chi connectivity index (χ2v) is 8.65. The first-order valence-corrected chi connectivity index (χ1v) is 11.0. The Balaban J connectivity index is 1.70. The minimum Gasteiger partial charge on any atom is -0.394 e. The largest absolute Gasteiger partial charge is 0.394 e. The van der Waals surface area contributed by atoms with Crippen LogP contribution in [0.2, 0.25) is 0 Å². The molecule has 8 nitrogen and oxygen atoms in total. The highest BCUT2D eigenvalue weighted by atomic mass is 16.6. The van der Waals surface area contributed by atoms with E-state index in [1.165, 1.54) is 0 Å². The van der Waals surface area contributed by atoms with Crippen molar-refractivity contribution >= 4 is 17.6 Å². The summed E-state index contributed by atoms with van der Waals surface area (Å²) in [5, 5.41) is 24.4. The molecular formula is C25H30N2O6. The van der Waals surface area contributed by atoms with Crippen molar-refractivity contribution in [3.05, 3.63) is 60.2 Å². The van der Waals surface area contributed by atoms with Gasteiger partial charge in [-0.2, -0.15) is 0 Å². The van der Waals surface area contributed by atoms with Gasteiger partial charge in [0.2, 0.25) is 5.91 Å². The number of Topliss-reactive ketones (excluding diaryl/α,β-unsaturated/α-hetero) is 1. The maximum atomic E-state index is 12.8. The van der Waals surface area contributed by atoms with Gasteiger partial charge in [-0.1, -0.05) is 56.3 Å². The van der Waals surface area contributed by atoms with Crippen LogP contribution in [0.5, 0.6) is 0 Å². The molecule has 1 heterocycles. The van der Waals surface area contributed by atoms with E-state index in [0.717, 1.165) is 11.1 Å². The van der Waals surface area contributed by atoms with Gasteiger partial charge in [-0.25, -0.2) is 0 Å². The SMILES string of the molecule is CC(C)C[C@H](NC(=O)[C@H](CO)NC(=O)c1cccc(-c2ccccc2)c1)C(=O)[C@]1(CO)CO1. The third-order valence-corrected chi connectivity index (χ3v) is 5.57. The summed E-state index contributed by atoms with van der Waals surface area (Å²) in [6.07, 6.45) is 0.334. The molecule has 1 fully saturated rings. The number of hydrogen-bond acceptors (Lipinski definition) is 6. The monoisotopic (exact) mass is 454 g/mol. The molecule has 0 saturated carbocycles. The minimum atomic E-state index is -1.28. The number of ether oxygens (including phenoxy) is 1. The van der Waals surface area contributed by atoms with Gasteiger partial charge in [-0.15, -0.1) is 0 Å². The van der Waals surface area contributed by atoms with E-state index in [2.05, 4.69) is 10.6 Å². The Kier molecular flexibility index (Phi) is 7.97. The summed E-state index contributed by atoms with van der Waals surface area (Å²) < 4.78 is 5.14. The van der Waals surface area contributed by atoms with Gasteiger partial charge >= 0.3 is 0 Å². The molecule has 1 saturated heterocycles. The molecule has 1 aliphatic rings. The number of hydrogen-bond donors (Lipinski definition) is 4. The number of carbonyl (C=O) groups excluding carboxylic acids is 3. The number of ketones is 1. The molecule has 0 aromatic heterocycles. The fourth-order valence-electron chi connectivity index (χ4n) is 3.60. The van der Waals surface area contributed by atoms with E-state index in [1.807, 2.05) is 50.2 Å². The molecule has 176 valence electrons. The normalized spacial score (nSPS) is 18.9. The number of aliphatic hydroxyl groups excluding tert-OH is 2. The molecule has 0 bridgehead atoms. The van der Waals surface area contributed by atoms with E-state index in [1.54, 1.807) is 18.2 Å². The fraction of sp³-hybridized carbons (Fsp3) is 0.400. The van der Waals surface area contributed by atoms with Crippen LogP contribution in [0.3, 0.4) is 0 Å². The molecule has 1 aliphatic heterocycles. The van der Waals surface area contributed by atoms with Crippen molar-refractivity contribution in [2.45, 2.75) is 38.0 Å². The van der Waals surface area contributed by atoms with E-state index in [0.29, 0.717) is 12.0 Å². The summed E-state index contributed by atoms with van der Waals surface area (Å²) >= 11 is 0. The molecule has 0 aliphatic carbocycles. The van der Waals surface area contributed by atoms with Crippen LogP contribution in [-0.4, -0.2) is 65.3 Å². The lowest BCUT2D eigenvalue weighted by atomic mass is 9.92. The molecule has 3 rings (SSSR count). The van der Waals surface area contributed by atoms with Gasteiger partial charge in [0.25, 0.3) is 5.91 Å². The summed E-state index contributed by atoms with van der Waals surface area (Å²) in [6, 6.07) is 14.4. The van der Waals surface area contributed by atoms with Crippen molar-refractivity contribution in [3.63, 3.8) is 0 Å². The zero-order valence-electron chi connectivity index (χ0n) is 18.8. The van der Waals surface area contributed by atoms with E-state index in [9.17, 15) is 24.6 Å². The lowest BCUT2D eigenvalue weighted by Crippen LogP contribution is -2.55.